The Morgan fingerprint density at radius 1 is 1.08 bits per heavy atom. The molecule has 2 rings (SSSR count). The van der Waals surface area contributed by atoms with Crippen molar-refractivity contribution in [3.05, 3.63) is 52.7 Å². The maximum Gasteiger partial charge on any atom is 0.271 e. The highest BCUT2D eigenvalue weighted by Crippen LogP contribution is 2.09. The Morgan fingerprint density at radius 2 is 1.84 bits per heavy atom. The largest absolute Gasteiger partial charge is 0.369 e. The molecule has 25 heavy (non-hydrogen) atoms. The molecule has 1 aromatic heterocycles. The highest BCUT2D eigenvalue weighted by atomic mass is 35.5. The first-order valence-electron chi connectivity index (χ1n) is 8.29. The van der Waals surface area contributed by atoms with Gasteiger partial charge in [-0.1, -0.05) is 23.7 Å². The van der Waals surface area contributed by atoms with Crippen molar-refractivity contribution in [3.8, 4) is 0 Å². The van der Waals surface area contributed by atoms with E-state index in [0.717, 1.165) is 31.5 Å². The van der Waals surface area contributed by atoms with E-state index in [-0.39, 0.29) is 5.91 Å². The van der Waals surface area contributed by atoms with Crippen LogP contribution in [-0.4, -0.2) is 54.7 Å². The minimum atomic E-state index is -0.222. The van der Waals surface area contributed by atoms with Gasteiger partial charge in [-0.3, -0.25) is 4.79 Å². The summed E-state index contributed by atoms with van der Waals surface area (Å²) in [7, 11) is 4.08. The highest BCUT2D eigenvalue weighted by Gasteiger charge is 2.07. The molecular formula is C18H24ClN5O. The SMILES string of the molecule is CN(C)CCCNc1ccc(C(=O)NCCc2ccc(Cl)cc2)nn1. The first-order chi connectivity index (χ1) is 12.0. The van der Waals surface area contributed by atoms with Gasteiger partial charge in [0.1, 0.15) is 5.82 Å². The Labute approximate surface area is 153 Å². The molecule has 0 unspecified atom stereocenters. The molecule has 0 atom stereocenters. The van der Waals surface area contributed by atoms with E-state index in [0.29, 0.717) is 23.1 Å². The molecule has 1 aromatic carbocycles. The van der Waals surface area contributed by atoms with Crippen LogP contribution < -0.4 is 10.6 Å². The third-order valence-corrected chi connectivity index (χ3v) is 3.85. The van der Waals surface area contributed by atoms with Crippen molar-refractivity contribution in [2.75, 3.05) is 39.0 Å². The second kappa shape index (κ2) is 9.96. The minimum Gasteiger partial charge on any atom is -0.369 e. The highest BCUT2D eigenvalue weighted by molar-refractivity contribution is 6.30. The van der Waals surface area contributed by atoms with Crippen LogP contribution in [0.3, 0.4) is 0 Å². The van der Waals surface area contributed by atoms with E-state index in [9.17, 15) is 4.79 Å². The van der Waals surface area contributed by atoms with Gasteiger partial charge in [-0.05, 0) is 63.3 Å². The van der Waals surface area contributed by atoms with Crippen LogP contribution >= 0.6 is 11.6 Å². The second-order valence-corrected chi connectivity index (χ2v) is 6.46. The van der Waals surface area contributed by atoms with Gasteiger partial charge >= 0.3 is 0 Å². The van der Waals surface area contributed by atoms with Crippen LogP contribution in [0.1, 0.15) is 22.5 Å². The third kappa shape index (κ3) is 7.07. The fourth-order valence-electron chi connectivity index (χ4n) is 2.22. The van der Waals surface area contributed by atoms with Gasteiger partial charge in [0.25, 0.3) is 5.91 Å². The predicted octanol–water partition coefficient (Wildman–Crippen LogP) is 2.47. The molecule has 0 aliphatic rings. The van der Waals surface area contributed by atoms with Crippen molar-refractivity contribution in [2.24, 2.45) is 0 Å². The van der Waals surface area contributed by atoms with Gasteiger partial charge in [-0.2, -0.15) is 0 Å². The number of carbonyl (C=O) groups is 1. The molecule has 0 bridgehead atoms. The van der Waals surface area contributed by atoms with E-state index in [1.807, 2.05) is 38.4 Å². The number of anilines is 1. The van der Waals surface area contributed by atoms with Crippen LogP contribution in [0.15, 0.2) is 36.4 Å². The van der Waals surface area contributed by atoms with Gasteiger partial charge in [0.05, 0.1) is 0 Å². The minimum absolute atomic E-state index is 0.222. The topological polar surface area (TPSA) is 70.2 Å². The third-order valence-electron chi connectivity index (χ3n) is 3.60. The smallest absolute Gasteiger partial charge is 0.271 e. The maximum atomic E-state index is 12.1. The van der Waals surface area contributed by atoms with Crippen LogP contribution in [0.5, 0.6) is 0 Å². The van der Waals surface area contributed by atoms with Gasteiger partial charge < -0.3 is 15.5 Å². The van der Waals surface area contributed by atoms with Gasteiger partial charge in [0.2, 0.25) is 0 Å². The van der Waals surface area contributed by atoms with Gasteiger partial charge in [-0.15, -0.1) is 10.2 Å². The summed E-state index contributed by atoms with van der Waals surface area (Å²) in [6.45, 7) is 2.36. The molecule has 134 valence electrons. The number of halogens is 1. The predicted molar refractivity (Wildman–Crippen MR) is 101 cm³/mol. The summed E-state index contributed by atoms with van der Waals surface area (Å²) in [6, 6.07) is 11.0. The van der Waals surface area contributed by atoms with Crippen LogP contribution in [-0.2, 0) is 6.42 Å². The molecule has 0 spiro atoms. The van der Waals surface area contributed by atoms with Crippen molar-refractivity contribution in [1.82, 2.24) is 20.4 Å². The fourth-order valence-corrected chi connectivity index (χ4v) is 2.35. The first-order valence-corrected chi connectivity index (χ1v) is 8.67. The fraction of sp³-hybridized carbons (Fsp3) is 0.389. The van der Waals surface area contributed by atoms with Gasteiger partial charge in [0, 0.05) is 18.1 Å². The number of aromatic nitrogens is 2. The maximum absolute atomic E-state index is 12.1. The summed E-state index contributed by atoms with van der Waals surface area (Å²) in [6.07, 6.45) is 1.75. The number of hydrogen-bond acceptors (Lipinski definition) is 5. The zero-order chi connectivity index (χ0) is 18.1. The Kier molecular flexibility index (Phi) is 7.63. The summed E-state index contributed by atoms with van der Waals surface area (Å²) in [5, 5.41) is 14.8. The first kappa shape index (κ1) is 19.1. The molecule has 0 radical (unpaired) electrons. The Bertz CT molecular complexity index is 658. The number of hydrogen-bond donors (Lipinski definition) is 2. The zero-order valence-electron chi connectivity index (χ0n) is 14.6. The molecule has 2 N–H and O–H groups in total. The Morgan fingerprint density at radius 3 is 2.48 bits per heavy atom. The number of carbonyl (C=O) groups excluding carboxylic acids is 1. The lowest BCUT2D eigenvalue weighted by Crippen LogP contribution is -2.26. The number of benzene rings is 1. The number of nitrogens with one attached hydrogen (secondary N) is 2. The van der Waals surface area contributed by atoms with Gasteiger partial charge in [0.15, 0.2) is 5.69 Å². The van der Waals surface area contributed by atoms with Crippen LogP contribution in [0.25, 0.3) is 0 Å². The summed E-state index contributed by atoms with van der Waals surface area (Å²) in [5.41, 5.74) is 1.43. The molecule has 2 aromatic rings. The lowest BCUT2D eigenvalue weighted by atomic mass is 10.1. The van der Waals surface area contributed by atoms with Crippen molar-refractivity contribution in [1.29, 1.82) is 0 Å². The quantitative estimate of drug-likeness (QED) is 0.671. The number of rotatable bonds is 9. The molecule has 1 heterocycles. The summed E-state index contributed by atoms with van der Waals surface area (Å²) < 4.78 is 0. The number of amides is 1. The molecule has 6 nitrogen and oxygen atoms in total. The molecular weight excluding hydrogens is 338 g/mol. The van der Waals surface area contributed by atoms with Crippen LogP contribution in [0.2, 0.25) is 5.02 Å². The summed E-state index contributed by atoms with van der Waals surface area (Å²) in [5.74, 6) is 0.456. The molecule has 0 saturated heterocycles. The lowest BCUT2D eigenvalue weighted by Gasteiger charge is -2.10. The molecule has 0 fully saturated rings. The number of nitrogens with zero attached hydrogens (tertiary/aromatic N) is 3. The average Bonchev–Trinajstić information content (AvgIpc) is 2.61. The molecule has 7 heteroatoms. The van der Waals surface area contributed by atoms with Crippen molar-refractivity contribution in [2.45, 2.75) is 12.8 Å². The van der Waals surface area contributed by atoms with Gasteiger partial charge in [-0.25, -0.2) is 0 Å². The van der Waals surface area contributed by atoms with E-state index >= 15 is 0 Å². The standard InChI is InChI=1S/C18H24ClN5O/c1-24(2)13-3-11-20-17-9-8-16(22-23-17)18(25)21-12-10-14-4-6-15(19)7-5-14/h4-9H,3,10-13H2,1-2H3,(H,20,23)(H,21,25). The van der Waals surface area contributed by atoms with Crippen LogP contribution in [0.4, 0.5) is 5.82 Å². The van der Waals surface area contributed by atoms with Crippen molar-refractivity contribution in [3.63, 3.8) is 0 Å². The van der Waals surface area contributed by atoms with Crippen molar-refractivity contribution < 1.29 is 4.79 Å². The van der Waals surface area contributed by atoms with Crippen molar-refractivity contribution >= 4 is 23.3 Å². The monoisotopic (exact) mass is 361 g/mol. The van der Waals surface area contributed by atoms with E-state index in [2.05, 4.69) is 25.7 Å². The second-order valence-electron chi connectivity index (χ2n) is 6.02. The Balaban J connectivity index is 1.73. The summed E-state index contributed by atoms with van der Waals surface area (Å²) >= 11 is 5.85. The van der Waals surface area contributed by atoms with Crippen LogP contribution in [0, 0.1) is 0 Å². The summed E-state index contributed by atoms with van der Waals surface area (Å²) in [4.78, 5) is 14.2. The van der Waals surface area contributed by atoms with E-state index in [1.54, 1.807) is 12.1 Å². The molecule has 1 amide bonds. The lowest BCUT2D eigenvalue weighted by molar-refractivity contribution is 0.0948. The zero-order valence-corrected chi connectivity index (χ0v) is 15.4. The van der Waals surface area contributed by atoms with E-state index in [1.165, 1.54) is 0 Å². The van der Waals surface area contributed by atoms with E-state index < -0.39 is 0 Å². The normalized spacial score (nSPS) is 10.7. The molecule has 0 aliphatic heterocycles. The molecule has 0 saturated carbocycles. The average molecular weight is 362 g/mol. The Hall–Kier alpha value is -2.18. The molecule has 0 aliphatic carbocycles. The van der Waals surface area contributed by atoms with E-state index in [4.69, 9.17) is 11.6 Å².